The lowest BCUT2D eigenvalue weighted by Crippen LogP contribution is -2.44. The summed E-state index contributed by atoms with van der Waals surface area (Å²) >= 11 is 1.55. The second-order valence-electron chi connectivity index (χ2n) is 11.2. The molecular weight excluding hydrogens is 512 g/mol. The molecule has 2 aliphatic rings. The van der Waals surface area contributed by atoms with Gasteiger partial charge >= 0.3 is 0 Å². The molecule has 3 heterocycles. The van der Waals surface area contributed by atoms with Crippen LogP contribution >= 0.6 is 11.8 Å². The molecule has 2 aromatic carbocycles. The predicted octanol–water partition coefficient (Wildman–Crippen LogP) is 5.29. The number of nitrogens with zero attached hydrogens (tertiary/aromatic N) is 3. The number of hydrogen-bond donors (Lipinski definition) is 1. The number of thioether (sulfide) groups is 1. The maximum atomic E-state index is 13.8. The molecule has 5 rings (SSSR count). The summed E-state index contributed by atoms with van der Waals surface area (Å²) in [6.07, 6.45) is 0.808. The molecule has 2 aliphatic heterocycles. The fourth-order valence-corrected chi connectivity index (χ4v) is 6.03. The molecule has 206 valence electrons. The number of aryl methyl sites for hydroxylation is 1. The summed E-state index contributed by atoms with van der Waals surface area (Å²) in [5.41, 5.74) is 4.46. The van der Waals surface area contributed by atoms with Crippen molar-refractivity contribution in [2.75, 3.05) is 24.0 Å². The van der Waals surface area contributed by atoms with Gasteiger partial charge in [-0.3, -0.25) is 14.5 Å². The number of carbonyl (C=O) groups excluding carboxylic acids is 2. The molecule has 1 aromatic heterocycles. The van der Waals surface area contributed by atoms with Crippen LogP contribution in [0.2, 0.25) is 0 Å². The van der Waals surface area contributed by atoms with Crippen LogP contribution in [-0.2, 0) is 15.0 Å². The fraction of sp³-hybridized carbons (Fsp3) is 0.433. The van der Waals surface area contributed by atoms with Gasteiger partial charge in [0.05, 0.1) is 22.4 Å². The zero-order chi connectivity index (χ0) is 27.9. The summed E-state index contributed by atoms with van der Waals surface area (Å²) < 4.78 is 13.1. The van der Waals surface area contributed by atoms with Crippen LogP contribution in [0.25, 0.3) is 5.69 Å². The second-order valence-corrected chi connectivity index (χ2v) is 12.3. The number of benzene rings is 2. The molecule has 2 amide bonds. The van der Waals surface area contributed by atoms with Gasteiger partial charge in [-0.25, -0.2) is 4.68 Å². The Balaban J connectivity index is 1.73. The Labute approximate surface area is 234 Å². The number of carbonyl (C=O) groups is 2. The highest BCUT2D eigenvalue weighted by Crippen LogP contribution is 2.49. The minimum atomic E-state index is -0.326. The smallest absolute Gasteiger partial charge is 0.240 e. The van der Waals surface area contributed by atoms with Gasteiger partial charge in [0.15, 0.2) is 11.5 Å². The van der Waals surface area contributed by atoms with Gasteiger partial charge in [-0.15, -0.1) is 11.8 Å². The Morgan fingerprint density at radius 3 is 2.56 bits per heavy atom. The van der Waals surface area contributed by atoms with E-state index in [1.165, 1.54) is 0 Å². The van der Waals surface area contributed by atoms with Crippen molar-refractivity contribution >= 4 is 29.4 Å². The van der Waals surface area contributed by atoms with Crippen molar-refractivity contribution in [1.29, 1.82) is 0 Å². The number of fused-ring (bicyclic) bond motifs is 2. The van der Waals surface area contributed by atoms with Crippen molar-refractivity contribution in [3.8, 4) is 17.2 Å². The van der Waals surface area contributed by atoms with E-state index >= 15 is 0 Å². The number of nitrogens with one attached hydrogen (secondary N) is 1. The Hall–Kier alpha value is -3.46. The topological polar surface area (TPSA) is 85.7 Å². The maximum absolute atomic E-state index is 13.8. The normalized spacial score (nSPS) is 17.5. The molecule has 9 heteroatoms. The van der Waals surface area contributed by atoms with E-state index in [4.69, 9.17) is 14.6 Å². The lowest BCUT2D eigenvalue weighted by atomic mass is 9.87. The van der Waals surface area contributed by atoms with E-state index in [9.17, 15) is 9.59 Å². The van der Waals surface area contributed by atoms with Crippen molar-refractivity contribution in [3.63, 3.8) is 0 Å². The Morgan fingerprint density at radius 2 is 1.87 bits per heavy atom. The Kier molecular flexibility index (Phi) is 7.37. The van der Waals surface area contributed by atoms with E-state index in [-0.39, 0.29) is 47.6 Å². The highest BCUT2D eigenvalue weighted by Gasteiger charge is 2.40. The Morgan fingerprint density at radius 1 is 1.15 bits per heavy atom. The summed E-state index contributed by atoms with van der Waals surface area (Å²) in [6, 6.07) is 14.0. The molecule has 0 spiro atoms. The van der Waals surface area contributed by atoms with Crippen molar-refractivity contribution < 1.29 is 19.1 Å². The number of ether oxygens (including phenoxy) is 2. The molecule has 0 bridgehead atoms. The zero-order valence-corrected chi connectivity index (χ0v) is 24.2. The van der Waals surface area contributed by atoms with Gasteiger partial charge in [0.25, 0.3) is 0 Å². The van der Waals surface area contributed by atoms with Gasteiger partial charge in [-0.05, 0) is 50.1 Å². The van der Waals surface area contributed by atoms with Crippen LogP contribution in [0.4, 0.5) is 5.82 Å². The lowest BCUT2D eigenvalue weighted by Gasteiger charge is -2.25. The van der Waals surface area contributed by atoms with E-state index in [0.717, 1.165) is 34.5 Å². The Bertz CT molecular complexity index is 1390. The van der Waals surface area contributed by atoms with Crippen LogP contribution in [0.3, 0.4) is 0 Å². The van der Waals surface area contributed by atoms with Crippen molar-refractivity contribution in [1.82, 2.24) is 15.1 Å². The van der Waals surface area contributed by atoms with Crippen molar-refractivity contribution in [3.05, 3.63) is 64.8 Å². The largest absolute Gasteiger partial charge is 0.454 e. The number of rotatable bonds is 6. The summed E-state index contributed by atoms with van der Waals surface area (Å²) in [7, 11) is 0. The van der Waals surface area contributed by atoms with E-state index in [0.29, 0.717) is 17.3 Å². The summed E-state index contributed by atoms with van der Waals surface area (Å²) in [5, 5.41) is 7.97. The highest BCUT2D eigenvalue weighted by atomic mass is 32.2. The van der Waals surface area contributed by atoms with Gasteiger partial charge in [0.1, 0.15) is 12.4 Å². The second kappa shape index (κ2) is 10.6. The molecule has 2 atom stereocenters. The molecule has 39 heavy (non-hydrogen) atoms. The summed E-state index contributed by atoms with van der Waals surface area (Å²) in [5.74, 6) is 1.95. The predicted molar refractivity (Wildman–Crippen MR) is 154 cm³/mol. The maximum Gasteiger partial charge on any atom is 0.240 e. The third-order valence-corrected chi connectivity index (χ3v) is 8.35. The number of anilines is 1. The van der Waals surface area contributed by atoms with Crippen LogP contribution in [-0.4, -0.2) is 46.7 Å². The third-order valence-electron chi connectivity index (χ3n) is 7.10. The van der Waals surface area contributed by atoms with Crippen LogP contribution < -0.4 is 19.7 Å². The lowest BCUT2D eigenvalue weighted by molar-refractivity contribution is -0.123. The van der Waals surface area contributed by atoms with Crippen LogP contribution in [0.1, 0.15) is 68.7 Å². The molecule has 0 saturated heterocycles. The first-order valence-corrected chi connectivity index (χ1v) is 14.4. The average Bonchev–Trinajstić information content (AvgIpc) is 3.49. The van der Waals surface area contributed by atoms with Crippen LogP contribution in [0.15, 0.2) is 42.5 Å². The number of hydrogen-bond acceptors (Lipinski definition) is 6. The summed E-state index contributed by atoms with van der Waals surface area (Å²) in [6.45, 7) is 12.5. The quantitative estimate of drug-likeness (QED) is 0.451. The molecular formula is C30H36N4O4S. The third kappa shape index (κ3) is 5.37. The van der Waals surface area contributed by atoms with Gasteiger partial charge in [-0.1, -0.05) is 51.5 Å². The van der Waals surface area contributed by atoms with Crippen LogP contribution in [0, 0.1) is 6.92 Å². The molecule has 3 aromatic rings. The molecule has 0 unspecified atom stereocenters. The van der Waals surface area contributed by atoms with E-state index < -0.39 is 0 Å². The first-order chi connectivity index (χ1) is 18.6. The minimum Gasteiger partial charge on any atom is -0.454 e. The molecule has 0 aliphatic carbocycles. The highest BCUT2D eigenvalue weighted by molar-refractivity contribution is 8.00. The first kappa shape index (κ1) is 27.1. The van der Waals surface area contributed by atoms with Crippen LogP contribution in [0.5, 0.6) is 11.5 Å². The molecule has 0 radical (unpaired) electrons. The molecule has 0 saturated carbocycles. The molecule has 0 fully saturated rings. The first-order valence-electron chi connectivity index (χ1n) is 13.4. The zero-order valence-electron chi connectivity index (χ0n) is 23.4. The van der Waals surface area contributed by atoms with Gasteiger partial charge in [0.2, 0.25) is 18.6 Å². The SMILES string of the molecule is CC[C@H](C)NC(=O)CN1C(=O)CS[C@H](c2ccc3c(c2)OCO3)c2c(C(C)(C)C)nn(-c3ccc(C)cc3)c21. The standard InChI is InChI=1S/C30H36N4O4S/c1-7-19(3)31-24(35)15-33-25(36)16-39-27(20-10-13-22-23(14-20)38-17-37-22)26-28(30(4,5)6)32-34(29(26)33)21-11-8-18(2)9-12-21/h8-14,19,27H,7,15-17H2,1-6H3,(H,31,35)/t19-,27+/m0/s1. The number of amides is 2. The van der Waals surface area contributed by atoms with Gasteiger partial charge < -0.3 is 14.8 Å². The molecule has 1 N–H and O–H groups in total. The summed E-state index contributed by atoms with van der Waals surface area (Å²) in [4.78, 5) is 28.5. The van der Waals surface area contributed by atoms with Gasteiger partial charge in [0, 0.05) is 17.0 Å². The van der Waals surface area contributed by atoms with E-state index in [2.05, 4.69) is 26.1 Å². The minimum absolute atomic E-state index is 0.0157. The number of aromatic nitrogens is 2. The van der Waals surface area contributed by atoms with E-state index in [1.807, 2.05) is 67.9 Å². The average molecular weight is 549 g/mol. The fourth-order valence-electron chi connectivity index (χ4n) is 4.84. The monoisotopic (exact) mass is 548 g/mol. The van der Waals surface area contributed by atoms with Crippen molar-refractivity contribution in [2.24, 2.45) is 0 Å². The van der Waals surface area contributed by atoms with Gasteiger partial charge in [-0.2, -0.15) is 5.10 Å². The van der Waals surface area contributed by atoms with Crippen molar-refractivity contribution in [2.45, 2.75) is 64.7 Å². The molecule has 8 nitrogen and oxygen atoms in total. The van der Waals surface area contributed by atoms with E-state index in [1.54, 1.807) is 16.7 Å².